The largest absolute Gasteiger partial charge is 0.301 e. The number of rotatable bonds is 4. The monoisotopic (exact) mass is 253 g/mol. The van der Waals surface area contributed by atoms with Crippen molar-refractivity contribution in [2.24, 2.45) is 0 Å². The molecule has 5 heteroatoms. The Labute approximate surface area is 104 Å². The van der Waals surface area contributed by atoms with Crippen LogP contribution < -0.4 is 5.32 Å². The second-order valence-electron chi connectivity index (χ2n) is 4.24. The molecule has 0 spiro atoms. The molecule has 0 aromatic carbocycles. The van der Waals surface area contributed by atoms with Crippen LogP contribution in [-0.4, -0.2) is 9.97 Å². The normalized spacial score (nSPS) is 11.9. The van der Waals surface area contributed by atoms with Gasteiger partial charge in [0.25, 0.3) is 0 Å². The van der Waals surface area contributed by atoms with E-state index in [1.54, 1.807) is 22.7 Å². The van der Waals surface area contributed by atoms with Gasteiger partial charge < -0.3 is 5.32 Å². The molecule has 3 nitrogen and oxygen atoms in total. The lowest BCUT2D eigenvalue weighted by molar-refractivity contribution is 0.400. The quantitative estimate of drug-likeness (QED) is 0.910. The van der Waals surface area contributed by atoms with E-state index in [1.165, 1.54) is 4.88 Å². The smallest absolute Gasteiger partial charge is 0.112 e. The summed E-state index contributed by atoms with van der Waals surface area (Å²) in [6.07, 6.45) is 1.90. The molecule has 86 valence electrons. The van der Waals surface area contributed by atoms with Crippen molar-refractivity contribution in [3.8, 4) is 0 Å². The van der Waals surface area contributed by atoms with E-state index in [0.29, 0.717) is 0 Å². The molecule has 0 unspecified atom stereocenters. The molecule has 0 radical (unpaired) electrons. The Hall–Kier alpha value is -0.780. The summed E-state index contributed by atoms with van der Waals surface area (Å²) in [6.45, 7) is 7.19. The summed E-state index contributed by atoms with van der Waals surface area (Å²) in [7, 11) is 0. The summed E-state index contributed by atoms with van der Waals surface area (Å²) in [5.74, 6) is 0. The van der Waals surface area contributed by atoms with Crippen molar-refractivity contribution >= 4 is 22.7 Å². The Balaban J connectivity index is 2.02. The van der Waals surface area contributed by atoms with Crippen molar-refractivity contribution in [2.45, 2.75) is 32.9 Å². The molecule has 16 heavy (non-hydrogen) atoms. The molecule has 2 aromatic heterocycles. The molecule has 0 fully saturated rings. The van der Waals surface area contributed by atoms with Gasteiger partial charge in [-0.1, -0.05) is 0 Å². The van der Waals surface area contributed by atoms with Gasteiger partial charge in [0.1, 0.15) is 5.01 Å². The van der Waals surface area contributed by atoms with Crippen LogP contribution >= 0.6 is 22.7 Å². The van der Waals surface area contributed by atoms with Crippen LogP contribution in [0.5, 0.6) is 0 Å². The zero-order valence-electron chi connectivity index (χ0n) is 9.65. The maximum atomic E-state index is 4.53. The number of aryl methyl sites for hydroxylation is 1. The lowest BCUT2D eigenvalue weighted by atomic mass is 10.1. The van der Waals surface area contributed by atoms with Crippen molar-refractivity contribution < 1.29 is 0 Å². The third-order valence-corrected chi connectivity index (χ3v) is 4.41. The fourth-order valence-corrected chi connectivity index (χ4v) is 2.79. The molecule has 0 aliphatic rings. The number of hydrogen-bond donors (Lipinski definition) is 1. The van der Waals surface area contributed by atoms with Crippen molar-refractivity contribution in [3.63, 3.8) is 0 Å². The third-order valence-electron chi connectivity index (χ3n) is 2.34. The zero-order chi connectivity index (χ0) is 11.6. The fourth-order valence-electron chi connectivity index (χ4n) is 1.35. The van der Waals surface area contributed by atoms with Gasteiger partial charge in [-0.2, -0.15) is 0 Å². The predicted octanol–water partition coefficient (Wildman–Crippen LogP) is 2.93. The summed E-state index contributed by atoms with van der Waals surface area (Å²) in [5.41, 5.74) is 2.87. The highest BCUT2D eigenvalue weighted by molar-refractivity contribution is 7.10. The maximum absolute atomic E-state index is 4.53. The molecular weight excluding hydrogens is 238 g/mol. The van der Waals surface area contributed by atoms with Crippen molar-refractivity contribution in [1.29, 1.82) is 0 Å². The van der Waals surface area contributed by atoms with E-state index < -0.39 is 0 Å². The van der Waals surface area contributed by atoms with Gasteiger partial charge in [-0.3, -0.25) is 4.98 Å². The summed E-state index contributed by atoms with van der Waals surface area (Å²) in [4.78, 5) is 9.84. The van der Waals surface area contributed by atoms with Crippen LogP contribution in [-0.2, 0) is 12.1 Å². The van der Waals surface area contributed by atoms with Gasteiger partial charge in [-0.25, -0.2) is 4.98 Å². The lowest BCUT2D eigenvalue weighted by Crippen LogP contribution is -2.35. The second-order valence-corrected chi connectivity index (χ2v) is 6.07. The highest BCUT2D eigenvalue weighted by Crippen LogP contribution is 2.24. The van der Waals surface area contributed by atoms with E-state index in [4.69, 9.17) is 0 Å². The van der Waals surface area contributed by atoms with Crippen LogP contribution in [0, 0.1) is 6.92 Å². The average molecular weight is 253 g/mol. The van der Waals surface area contributed by atoms with Crippen LogP contribution in [0.15, 0.2) is 17.1 Å². The summed E-state index contributed by atoms with van der Waals surface area (Å²) in [6, 6.07) is 0. The van der Waals surface area contributed by atoms with Crippen molar-refractivity contribution in [2.75, 3.05) is 0 Å². The summed E-state index contributed by atoms with van der Waals surface area (Å²) in [5, 5.41) is 6.73. The minimum atomic E-state index is -0.0804. The molecule has 1 N–H and O–H groups in total. The fraction of sp³-hybridized carbons (Fsp3) is 0.455. The van der Waals surface area contributed by atoms with E-state index in [2.05, 4.69) is 34.5 Å². The van der Waals surface area contributed by atoms with Crippen LogP contribution in [0.1, 0.15) is 29.4 Å². The van der Waals surface area contributed by atoms with Crippen LogP contribution in [0.3, 0.4) is 0 Å². The Morgan fingerprint density at radius 3 is 2.75 bits per heavy atom. The first-order valence-corrected chi connectivity index (χ1v) is 6.89. The number of nitrogens with zero attached hydrogens (tertiary/aromatic N) is 2. The van der Waals surface area contributed by atoms with Gasteiger partial charge in [0.05, 0.1) is 11.0 Å². The van der Waals surface area contributed by atoms with Gasteiger partial charge in [0.2, 0.25) is 0 Å². The molecule has 0 aliphatic carbocycles. The van der Waals surface area contributed by atoms with Gasteiger partial charge in [-0.05, 0) is 20.8 Å². The Bertz CT molecular complexity index is 446. The van der Waals surface area contributed by atoms with Crippen LogP contribution in [0.2, 0.25) is 0 Å². The molecular formula is C11H15N3S2. The third kappa shape index (κ3) is 2.66. The highest BCUT2D eigenvalue weighted by Gasteiger charge is 2.23. The maximum Gasteiger partial charge on any atom is 0.112 e. The molecule has 0 amide bonds. The second kappa shape index (κ2) is 4.61. The Kier molecular flexibility index (Phi) is 3.37. The standard InChI is InChI=1S/C11H15N3S2/c1-8-6-15-10(14-8)11(2,3)13-5-9-4-12-7-16-9/h4,6-7,13H,5H2,1-3H3. The van der Waals surface area contributed by atoms with E-state index in [9.17, 15) is 0 Å². The van der Waals surface area contributed by atoms with Gasteiger partial charge in [0, 0.05) is 28.7 Å². The topological polar surface area (TPSA) is 37.8 Å². The first-order chi connectivity index (χ1) is 7.58. The first kappa shape index (κ1) is 11.7. The van der Waals surface area contributed by atoms with E-state index in [-0.39, 0.29) is 5.54 Å². The summed E-state index contributed by atoms with van der Waals surface area (Å²) < 4.78 is 0. The molecule has 0 aliphatic heterocycles. The van der Waals surface area contributed by atoms with E-state index in [1.807, 2.05) is 18.6 Å². The molecule has 2 heterocycles. The van der Waals surface area contributed by atoms with Crippen LogP contribution in [0.4, 0.5) is 0 Å². The van der Waals surface area contributed by atoms with Gasteiger partial charge >= 0.3 is 0 Å². The molecule has 0 saturated carbocycles. The molecule has 2 rings (SSSR count). The van der Waals surface area contributed by atoms with Gasteiger partial charge in [-0.15, -0.1) is 22.7 Å². The highest BCUT2D eigenvalue weighted by atomic mass is 32.1. The average Bonchev–Trinajstić information content (AvgIpc) is 2.85. The minimum absolute atomic E-state index is 0.0804. The Morgan fingerprint density at radius 2 is 2.19 bits per heavy atom. The predicted molar refractivity (Wildman–Crippen MR) is 68.8 cm³/mol. The van der Waals surface area contributed by atoms with Gasteiger partial charge in [0.15, 0.2) is 0 Å². The first-order valence-electron chi connectivity index (χ1n) is 5.13. The van der Waals surface area contributed by atoms with E-state index in [0.717, 1.165) is 17.2 Å². The number of thiazole rings is 2. The number of aromatic nitrogens is 2. The number of hydrogen-bond acceptors (Lipinski definition) is 5. The molecule has 2 aromatic rings. The van der Waals surface area contributed by atoms with Crippen molar-refractivity contribution in [3.05, 3.63) is 32.7 Å². The SMILES string of the molecule is Cc1csc(C(C)(C)NCc2cncs2)n1. The Morgan fingerprint density at radius 1 is 1.38 bits per heavy atom. The minimum Gasteiger partial charge on any atom is -0.301 e. The zero-order valence-corrected chi connectivity index (χ0v) is 11.3. The molecule has 0 saturated heterocycles. The molecule has 0 atom stereocenters. The molecule has 0 bridgehead atoms. The van der Waals surface area contributed by atoms with Crippen LogP contribution in [0.25, 0.3) is 0 Å². The number of nitrogens with one attached hydrogen (secondary N) is 1. The van der Waals surface area contributed by atoms with E-state index >= 15 is 0 Å². The lowest BCUT2D eigenvalue weighted by Gasteiger charge is -2.23. The summed E-state index contributed by atoms with van der Waals surface area (Å²) >= 11 is 3.38. The van der Waals surface area contributed by atoms with Crippen molar-refractivity contribution in [1.82, 2.24) is 15.3 Å².